The van der Waals surface area contributed by atoms with Crippen LogP contribution >= 0.6 is 0 Å². The number of hydrogen-bond donors (Lipinski definition) is 2. The summed E-state index contributed by atoms with van der Waals surface area (Å²) < 4.78 is 0. The number of nitrogens with two attached hydrogens (primary N) is 1. The fourth-order valence-electron chi connectivity index (χ4n) is 4.18. The van der Waals surface area contributed by atoms with Crippen LogP contribution < -0.4 is 5.73 Å². The second-order valence-corrected chi connectivity index (χ2v) is 7.29. The molecular formula is C19H35NO3. The molecule has 2 aliphatic carbocycles. The Morgan fingerprint density at radius 3 is 1.74 bits per heavy atom. The molecule has 0 aromatic carbocycles. The molecule has 2 saturated carbocycles. The fraction of sp³-hybridized carbons (Fsp3) is 0.895. The lowest BCUT2D eigenvalue weighted by Crippen LogP contribution is -2.38. The molecule has 0 heterocycles. The topological polar surface area (TPSA) is 80.4 Å². The van der Waals surface area contributed by atoms with Crippen molar-refractivity contribution in [2.75, 3.05) is 0 Å². The molecule has 2 rings (SSSR count). The van der Waals surface area contributed by atoms with Crippen LogP contribution in [0.3, 0.4) is 0 Å². The Bertz CT molecular complexity index is 358. The Kier molecular flexibility index (Phi) is 9.46. The number of rotatable bonds is 5. The molecule has 23 heavy (non-hydrogen) atoms. The minimum absolute atomic E-state index is 0.223. The van der Waals surface area contributed by atoms with Gasteiger partial charge in [0.2, 0.25) is 0 Å². The maximum absolute atomic E-state index is 11.3. The monoisotopic (exact) mass is 325 g/mol. The van der Waals surface area contributed by atoms with Gasteiger partial charge in [-0.25, -0.2) is 0 Å². The molecule has 0 aromatic heterocycles. The van der Waals surface area contributed by atoms with Crippen molar-refractivity contribution in [3.05, 3.63) is 0 Å². The van der Waals surface area contributed by atoms with E-state index >= 15 is 0 Å². The summed E-state index contributed by atoms with van der Waals surface area (Å²) in [6, 6.07) is -0.629. The average molecular weight is 325 g/mol. The Labute approximate surface area is 141 Å². The lowest BCUT2D eigenvalue weighted by molar-refractivity contribution is -0.140. The van der Waals surface area contributed by atoms with Gasteiger partial charge < -0.3 is 10.8 Å². The molecule has 0 saturated heterocycles. The van der Waals surface area contributed by atoms with E-state index in [0.717, 1.165) is 32.1 Å². The zero-order valence-corrected chi connectivity index (χ0v) is 14.9. The van der Waals surface area contributed by atoms with E-state index in [1.165, 1.54) is 38.5 Å². The van der Waals surface area contributed by atoms with Crippen LogP contribution in [-0.4, -0.2) is 22.9 Å². The summed E-state index contributed by atoms with van der Waals surface area (Å²) in [6.07, 6.45) is 13.2. The molecule has 0 radical (unpaired) electrons. The summed E-state index contributed by atoms with van der Waals surface area (Å²) in [6.45, 7) is 3.89. The minimum Gasteiger partial charge on any atom is -0.480 e. The summed E-state index contributed by atoms with van der Waals surface area (Å²) in [5, 5.41) is 8.61. The van der Waals surface area contributed by atoms with Gasteiger partial charge in [0.25, 0.3) is 0 Å². The molecule has 0 aliphatic heterocycles. The largest absolute Gasteiger partial charge is 0.480 e. The van der Waals surface area contributed by atoms with E-state index in [4.69, 9.17) is 10.8 Å². The third kappa shape index (κ3) is 7.03. The lowest BCUT2D eigenvalue weighted by Gasteiger charge is -2.27. The number of carbonyl (C=O) groups is 2. The Hall–Kier alpha value is -0.900. The van der Waals surface area contributed by atoms with Gasteiger partial charge in [0, 0.05) is 5.92 Å². The highest BCUT2D eigenvalue weighted by molar-refractivity contribution is 5.78. The highest BCUT2D eigenvalue weighted by Crippen LogP contribution is 2.32. The number of aliphatic carboxylic acids is 1. The quantitative estimate of drug-likeness (QED) is 0.795. The van der Waals surface area contributed by atoms with E-state index in [2.05, 4.69) is 6.92 Å². The van der Waals surface area contributed by atoms with Gasteiger partial charge in [0.05, 0.1) is 0 Å². The Morgan fingerprint density at radius 1 is 0.957 bits per heavy atom. The number of carbonyl (C=O) groups excluding carboxylic acids is 1. The third-order valence-corrected chi connectivity index (χ3v) is 5.62. The molecule has 2 atom stereocenters. The lowest BCUT2D eigenvalue weighted by atomic mass is 9.77. The van der Waals surface area contributed by atoms with Crippen LogP contribution in [0.25, 0.3) is 0 Å². The second-order valence-electron chi connectivity index (χ2n) is 7.29. The van der Waals surface area contributed by atoms with Gasteiger partial charge in [-0.15, -0.1) is 0 Å². The molecule has 134 valence electrons. The minimum atomic E-state index is -0.850. The van der Waals surface area contributed by atoms with E-state index in [9.17, 15) is 9.59 Å². The first-order valence-electron chi connectivity index (χ1n) is 9.46. The SMILES string of the molecule is CC[C@H](C(C)=O)C1CCCCC1.N[C@H](C(=O)O)C1CCCCC1. The van der Waals surface area contributed by atoms with Gasteiger partial charge in [0.15, 0.2) is 0 Å². The van der Waals surface area contributed by atoms with Crippen molar-refractivity contribution < 1.29 is 14.7 Å². The third-order valence-electron chi connectivity index (χ3n) is 5.62. The molecule has 2 fully saturated rings. The molecule has 4 nitrogen and oxygen atoms in total. The predicted octanol–water partition coefficient (Wildman–Crippen LogP) is 4.16. The van der Waals surface area contributed by atoms with Gasteiger partial charge in [-0.1, -0.05) is 45.4 Å². The van der Waals surface area contributed by atoms with E-state index < -0.39 is 12.0 Å². The van der Waals surface area contributed by atoms with Crippen molar-refractivity contribution >= 4 is 11.8 Å². The van der Waals surface area contributed by atoms with Crippen LogP contribution in [0.4, 0.5) is 0 Å². The first-order valence-corrected chi connectivity index (χ1v) is 9.46. The number of hydrogen-bond acceptors (Lipinski definition) is 3. The number of carboxylic acids is 1. The molecule has 0 amide bonds. The summed E-state index contributed by atoms with van der Waals surface area (Å²) >= 11 is 0. The molecular weight excluding hydrogens is 290 g/mol. The smallest absolute Gasteiger partial charge is 0.320 e. The van der Waals surface area contributed by atoms with Crippen molar-refractivity contribution in [1.82, 2.24) is 0 Å². The zero-order chi connectivity index (χ0) is 17.2. The Morgan fingerprint density at radius 2 is 1.39 bits per heavy atom. The van der Waals surface area contributed by atoms with Gasteiger partial charge in [-0.2, -0.15) is 0 Å². The number of Topliss-reactive ketones (excluding diaryl/α,β-unsaturated/α-hetero) is 1. The molecule has 0 spiro atoms. The second kappa shape index (κ2) is 10.8. The van der Waals surface area contributed by atoms with E-state index in [1.807, 2.05) is 0 Å². The fourth-order valence-corrected chi connectivity index (χ4v) is 4.18. The van der Waals surface area contributed by atoms with Crippen molar-refractivity contribution in [3.8, 4) is 0 Å². The molecule has 2 aliphatic rings. The van der Waals surface area contributed by atoms with E-state index in [0.29, 0.717) is 17.6 Å². The van der Waals surface area contributed by atoms with Crippen molar-refractivity contribution in [1.29, 1.82) is 0 Å². The van der Waals surface area contributed by atoms with E-state index in [1.54, 1.807) is 6.92 Å². The van der Waals surface area contributed by atoms with Crippen molar-refractivity contribution in [2.45, 2.75) is 90.5 Å². The number of carboxylic acid groups (broad SMARTS) is 1. The van der Waals surface area contributed by atoms with Gasteiger partial charge in [-0.05, 0) is 50.9 Å². The first-order chi connectivity index (χ1) is 11.0. The van der Waals surface area contributed by atoms with Crippen LogP contribution in [0.15, 0.2) is 0 Å². The summed E-state index contributed by atoms with van der Waals surface area (Å²) in [5.41, 5.74) is 5.49. The van der Waals surface area contributed by atoms with Crippen LogP contribution in [0.2, 0.25) is 0 Å². The van der Waals surface area contributed by atoms with Gasteiger partial charge in [-0.3, -0.25) is 9.59 Å². The molecule has 0 unspecified atom stereocenters. The van der Waals surface area contributed by atoms with Crippen LogP contribution in [-0.2, 0) is 9.59 Å². The number of ketones is 1. The van der Waals surface area contributed by atoms with Crippen LogP contribution in [0.5, 0.6) is 0 Å². The van der Waals surface area contributed by atoms with Crippen molar-refractivity contribution in [2.24, 2.45) is 23.5 Å². The molecule has 0 aromatic rings. The summed E-state index contributed by atoms with van der Waals surface area (Å²) in [4.78, 5) is 21.7. The van der Waals surface area contributed by atoms with Gasteiger partial charge >= 0.3 is 5.97 Å². The van der Waals surface area contributed by atoms with Crippen LogP contribution in [0.1, 0.15) is 84.5 Å². The summed E-state index contributed by atoms with van der Waals surface area (Å²) in [7, 11) is 0. The van der Waals surface area contributed by atoms with Gasteiger partial charge in [0.1, 0.15) is 11.8 Å². The Balaban J connectivity index is 0.000000231. The molecule has 0 bridgehead atoms. The average Bonchev–Trinajstić information content (AvgIpc) is 2.57. The zero-order valence-electron chi connectivity index (χ0n) is 14.9. The standard InChI is InChI=1S/C11H20O.C8H15NO2/c1-3-11(9(2)12)10-7-5-4-6-8-10;9-7(8(10)11)6-4-2-1-3-5-6/h10-11H,3-8H2,1-2H3;6-7H,1-5,9H2,(H,10,11)/t11-;7-/m10/s1. The van der Waals surface area contributed by atoms with Crippen LogP contribution in [0, 0.1) is 17.8 Å². The first kappa shape index (κ1) is 20.1. The maximum atomic E-state index is 11.3. The van der Waals surface area contributed by atoms with E-state index in [-0.39, 0.29) is 5.92 Å². The summed E-state index contributed by atoms with van der Waals surface area (Å²) in [5.74, 6) is 0.856. The molecule has 3 N–H and O–H groups in total. The predicted molar refractivity (Wildman–Crippen MR) is 93.2 cm³/mol. The van der Waals surface area contributed by atoms with Crippen molar-refractivity contribution in [3.63, 3.8) is 0 Å². The normalized spacial score (nSPS) is 22.6. The molecule has 4 heteroatoms. The highest BCUT2D eigenvalue weighted by Gasteiger charge is 2.26. The maximum Gasteiger partial charge on any atom is 0.320 e. The highest BCUT2D eigenvalue weighted by atomic mass is 16.4.